The molecule has 0 atom stereocenters. The Morgan fingerprint density at radius 2 is 1.73 bits per heavy atom. The molecule has 0 radical (unpaired) electrons. The van der Waals surface area contributed by atoms with Gasteiger partial charge in [0.15, 0.2) is 11.6 Å². The molecule has 0 saturated carbocycles. The molecule has 0 N–H and O–H groups in total. The molecule has 0 unspecified atom stereocenters. The van der Waals surface area contributed by atoms with E-state index in [1.165, 1.54) is 0 Å². The van der Waals surface area contributed by atoms with E-state index in [9.17, 15) is 21.7 Å². The van der Waals surface area contributed by atoms with Gasteiger partial charge in [-0.1, -0.05) is 0 Å². The molecule has 0 fully saturated rings. The third kappa shape index (κ3) is 5.86. The fourth-order valence-electron chi connectivity index (χ4n) is 0.772. The van der Waals surface area contributed by atoms with E-state index >= 15 is 0 Å². The topological polar surface area (TPSA) is 9.23 Å². The van der Waals surface area contributed by atoms with Crippen LogP contribution in [0.4, 0.5) is 21.7 Å². The van der Waals surface area contributed by atoms with Crippen molar-refractivity contribution in [2.24, 2.45) is 0 Å². The summed E-state index contributed by atoms with van der Waals surface area (Å²) in [7, 11) is 0. The van der Waals surface area contributed by atoms with Crippen LogP contribution in [0, 0.1) is 11.6 Å². The predicted molar refractivity (Wildman–Crippen MR) is 40.9 cm³/mol. The van der Waals surface area contributed by atoms with Gasteiger partial charge in [0.1, 0.15) is 5.82 Å². The van der Waals surface area contributed by atoms with Crippen LogP contribution in [0.5, 0.6) is 5.75 Å². The number of halogens is 5. The van der Waals surface area contributed by atoms with Crippen molar-refractivity contribution in [2.45, 2.75) is 0 Å². The van der Waals surface area contributed by atoms with E-state index in [0.29, 0.717) is 12.1 Å². The maximum atomic E-state index is 12.7. The van der Waals surface area contributed by atoms with Crippen molar-refractivity contribution in [1.29, 1.82) is 0 Å². The fraction of sp³-hybridized carbons (Fsp3) is 0.143. The molecule has 78 valence electrons. The van der Waals surface area contributed by atoms with Crippen molar-refractivity contribution in [2.75, 3.05) is 6.51 Å². The molecule has 0 aliphatic heterocycles. The molecule has 1 nitrogen and oxygen atoms in total. The first-order valence-corrected chi connectivity index (χ1v) is 3.67. The fourth-order valence-corrected chi connectivity index (χ4v) is 0.772. The van der Waals surface area contributed by atoms with Crippen LogP contribution in [0.15, 0.2) is 18.2 Å². The summed E-state index contributed by atoms with van der Waals surface area (Å²) >= 11 is 0. The van der Waals surface area contributed by atoms with Gasteiger partial charge in [0.2, 0.25) is 0 Å². The third-order valence-electron chi connectivity index (χ3n) is 1.32. The Bertz CT molecular complexity index is 330. The summed E-state index contributed by atoms with van der Waals surface area (Å²) in [6.07, 6.45) is 0. The Labute approximate surface area is 125 Å². The Hall–Kier alpha value is 0.371. The normalized spacial score (nSPS) is 10.7. The van der Waals surface area contributed by atoms with Gasteiger partial charge in [-0.15, -0.1) is 0 Å². The van der Waals surface area contributed by atoms with Gasteiger partial charge < -0.3 is 17.7 Å². The summed E-state index contributed by atoms with van der Waals surface area (Å²) < 4.78 is 64.3. The minimum absolute atomic E-state index is 0. The van der Waals surface area contributed by atoms with E-state index in [2.05, 4.69) is 4.74 Å². The summed E-state index contributed by atoms with van der Waals surface area (Å²) in [5, 5.41) is 0. The van der Waals surface area contributed by atoms with Gasteiger partial charge in [-0.25, -0.2) is 8.78 Å². The molecule has 8 heteroatoms. The molecular weight excluding hydrogens is 245 g/mol. The molecule has 0 aliphatic carbocycles. The molecule has 15 heavy (non-hydrogen) atoms. The predicted octanol–water partition coefficient (Wildman–Crippen LogP) is -0.266. The Morgan fingerprint density at radius 1 is 1.13 bits per heavy atom. The van der Waals surface area contributed by atoms with Crippen LogP contribution in [0.3, 0.4) is 0 Å². The third-order valence-corrected chi connectivity index (χ3v) is 1.32. The van der Waals surface area contributed by atoms with Crippen LogP contribution in [0.25, 0.3) is 0 Å². The maximum absolute atomic E-state index is 12.7. The van der Waals surface area contributed by atoms with Gasteiger partial charge >= 0.3 is 58.4 Å². The molecule has 0 aliphatic rings. The standard InChI is InChI=1S/C7H5BF5O.K/c9-5-1-2-6(10)7(3-5)14-4-8(11,12)13;/h1-3H,4H2;/q-1;+1. The van der Waals surface area contributed by atoms with Crippen molar-refractivity contribution in [3.8, 4) is 5.75 Å². The zero-order chi connectivity index (χ0) is 10.8. The van der Waals surface area contributed by atoms with Gasteiger partial charge in [0, 0.05) is 6.07 Å². The Kier molecular flexibility index (Phi) is 6.34. The second kappa shape index (κ2) is 6.19. The van der Waals surface area contributed by atoms with E-state index in [1.807, 2.05) is 0 Å². The van der Waals surface area contributed by atoms with Crippen LogP contribution in [0.1, 0.15) is 0 Å². The van der Waals surface area contributed by atoms with Gasteiger partial charge in [0.25, 0.3) is 0 Å². The second-order valence-electron chi connectivity index (χ2n) is 2.60. The van der Waals surface area contributed by atoms with Crippen molar-refractivity contribution in [3.63, 3.8) is 0 Å². The van der Waals surface area contributed by atoms with E-state index in [4.69, 9.17) is 0 Å². The summed E-state index contributed by atoms with van der Waals surface area (Å²) in [4.78, 5) is 0. The van der Waals surface area contributed by atoms with Crippen molar-refractivity contribution in [1.82, 2.24) is 0 Å². The molecule has 0 amide bonds. The number of ether oxygens (including phenoxy) is 1. The summed E-state index contributed by atoms with van der Waals surface area (Å²) in [6.45, 7) is -6.75. The van der Waals surface area contributed by atoms with Crippen molar-refractivity contribution in [3.05, 3.63) is 29.8 Å². The molecule has 1 rings (SSSR count). The molecule has 0 spiro atoms. The monoisotopic (exact) mass is 250 g/mol. The van der Waals surface area contributed by atoms with Crippen LogP contribution >= 0.6 is 0 Å². The summed E-state index contributed by atoms with van der Waals surface area (Å²) in [5.74, 6) is -2.60. The molecule has 0 heterocycles. The van der Waals surface area contributed by atoms with Crippen LogP contribution in [-0.4, -0.2) is 13.5 Å². The zero-order valence-electron chi connectivity index (χ0n) is 7.81. The second-order valence-corrected chi connectivity index (χ2v) is 2.60. The molecule has 1 aromatic carbocycles. The Balaban J connectivity index is 0.00000196. The molecule has 1 aromatic rings. The SMILES string of the molecule is Fc1ccc(F)c(OC[B-](F)(F)F)c1.[K+]. The van der Waals surface area contributed by atoms with Crippen LogP contribution in [0.2, 0.25) is 0 Å². The average Bonchev–Trinajstić information content (AvgIpc) is 2.05. The van der Waals surface area contributed by atoms with E-state index in [0.717, 1.165) is 6.07 Å². The van der Waals surface area contributed by atoms with Crippen molar-refractivity contribution >= 4 is 6.98 Å². The van der Waals surface area contributed by atoms with Crippen LogP contribution in [-0.2, 0) is 0 Å². The minimum Gasteiger partial charge on any atom is -0.519 e. The smallest absolute Gasteiger partial charge is 0.519 e. The van der Waals surface area contributed by atoms with Gasteiger partial charge in [-0.2, -0.15) is 0 Å². The van der Waals surface area contributed by atoms with E-state index in [1.54, 1.807) is 0 Å². The number of hydrogen-bond donors (Lipinski definition) is 0. The molecule has 0 saturated heterocycles. The van der Waals surface area contributed by atoms with E-state index in [-0.39, 0.29) is 51.4 Å². The average molecular weight is 250 g/mol. The summed E-state index contributed by atoms with van der Waals surface area (Å²) in [5.41, 5.74) is 0. The first-order valence-electron chi connectivity index (χ1n) is 3.67. The van der Waals surface area contributed by atoms with Crippen LogP contribution < -0.4 is 56.1 Å². The molecular formula is C7H5BF5KO. The van der Waals surface area contributed by atoms with Gasteiger partial charge in [-0.05, 0) is 12.1 Å². The number of hydrogen-bond acceptors (Lipinski definition) is 1. The molecule has 0 aromatic heterocycles. The zero-order valence-corrected chi connectivity index (χ0v) is 10.9. The van der Waals surface area contributed by atoms with Crippen molar-refractivity contribution < 1.29 is 77.8 Å². The molecule has 0 bridgehead atoms. The Morgan fingerprint density at radius 3 is 2.27 bits per heavy atom. The maximum Gasteiger partial charge on any atom is 1.00 e. The quantitative estimate of drug-likeness (QED) is 0.530. The first kappa shape index (κ1) is 15.4. The van der Waals surface area contributed by atoms with E-state index < -0.39 is 30.9 Å². The largest absolute Gasteiger partial charge is 1.00 e. The first-order chi connectivity index (χ1) is 6.38. The van der Waals surface area contributed by atoms with Gasteiger partial charge in [-0.3, -0.25) is 0 Å². The minimum atomic E-state index is -5.17. The number of benzene rings is 1. The van der Waals surface area contributed by atoms with Gasteiger partial charge in [0.05, 0.1) is 6.51 Å². The summed E-state index contributed by atoms with van der Waals surface area (Å²) in [6, 6.07) is 2.06. The number of rotatable bonds is 3.